The van der Waals surface area contributed by atoms with Crippen molar-refractivity contribution in [3.05, 3.63) is 106 Å². The van der Waals surface area contributed by atoms with Gasteiger partial charge in [-0.25, -0.2) is 4.98 Å². The first kappa shape index (κ1) is 35.1. The Morgan fingerprint density at radius 1 is 0.490 bits per heavy atom. The standard InChI is InChI=1S/C31H38N2.C15H21N/c1-13-14(2)21(9)27-25(19(13)7)26-20(8)15(3)17(5)23(11)29(26)33-30-24(12)18(6)16(4)22(10)28(30)32-31(27)33;1-8-9(2)11(4)14-13(10(8)3)15(6,7)12(5)16-14/h25,27H,1-12H3;1-7H3. The molecule has 258 valence electrons. The van der Waals surface area contributed by atoms with E-state index in [0.717, 1.165) is 0 Å². The van der Waals surface area contributed by atoms with Crippen LogP contribution in [-0.4, -0.2) is 15.3 Å². The molecule has 7 rings (SSSR count). The van der Waals surface area contributed by atoms with Gasteiger partial charge in [0, 0.05) is 23.0 Å². The molecule has 0 saturated heterocycles. The molecule has 2 unspecified atom stereocenters. The maximum Gasteiger partial charge on any atom is 0.122 e. The minimum Gasteiger partial charge on any atom is -0.295 e. The lowest BCUT2D eigenvalue weighted by molar-refractivity contribution is 0.572. The summed E-state index contributed by atoms with van der Waals surface area (Å²) < 4.78 is 2.57. The first-order chi connectivity index (χ1) is 22.7. The van der Waals surface area contributed by atoms with Crippen molar-refractivity contribution < 1.29 is 0 Å². The number of allylic oxidation sites excluding steroid dienone is 4. The Hall–Kier alpha value is -3.72. The third-order valence-electron chi connectivity index (χ3n) is 14.3. The van der Waals surface area contributed by atoms with E-state index in [9.17, 15) is 0 Å². The number of fused-ring (bicyclic) bond motifs is 9. The van der Waals surface area contributed by atoms with Gasteiger partial charge in [0.15, 0.2) is 0 Å². The van der Waals surface area contributed by atoms with E-state index in [1.807, 2.05) is 0 Å². The van der Waals surface area contributed by atoms with Crippen molar-refractivity contribution in [3.8, 4) is 5.69 Å². The lowest BCUT2D eigenvalue weighted by Crippen LogP contribution is -2.30. The van der Waals surface area contributed by atoms with Crippen LogP contribution in [0.25, 0.3) is 16.7 Å². The molecule has 2 aliphatic heterocycles. The Bertz CT molecular complexity index is 2260. The van der Waals surface area contributed by atoms with E-state index in [2.05, 4.69) is 136 Å². The van der Waals surface area contributed by atoms with Crippen LogP contribution in [0.15, 0.2) is 27.3 Å². The van der Waals surface area contributed by atoms with Crippen LogP contribution < -0.4 is 0 Å². The summed E-state index contributed by atoms with van der Waals surface area (Å²) >= 11 is 0. The zero-order chi connectivity index (χ0) is 36.5. The third-order valence-corrected chi connectivity index (χ3v) is 14.3. The number of nitrogens with zero attached hydrogens (tertiary/aromatic N) is 3. The molecule has 2 atom stereocenters. The van der Waals surface area contributed by atoms with Crippen LogP contribution in [0.1, 0.15) is 144 Å². The SMILES string of the molecule is CC1=C(C)C2c3c(C)c(C)c(C)c(C)c3-n3c(nc4c(C)c(C)c(C)c(C)c43)C2C(C)=C1C.CC1=Nc2c(C)c(C)c(C)c(C)c2C1(C)C. The molecule has 0 N–H and O–H groups in total. The molecule has 0 amide bonds. The maximum atomic E-state index is 5.47. The van der Waals surface area contributed by atoms with Gasteiger partial charge in [0.05, 0.1) is 22.4 Å². The summed E-state index contributed by atoms with van der Waals surface area (Å²) in [6.07, 6.45) is 0. The Labute approximate surface area is 296 Å². The van der Waals surface area contributed by atoms with Crippen LogP contribution in [-0.2, 0) is 5.41 Å². The fourth-order valence-electron chi connectivity index (χ4n) is 9.36. The van der Waals surface area contributed by atoms with Crippen molar-refractivity contribution in [2.45, 2.75) is 149 Å². The normalized spacial score (nSPS) is 19.0. The highest BCUT2D eigenvalue weighted by Crippen LogP contribution is 2.57. The summed E-state index contributed by atoms with van der Waals surface area (Å²) in [5, 5.41) is 0. The highest BCUT2D eigenvalue weighted by Gasteiger charge is 2.44. The zero-order valence-corrected chi connectivity index (χ0v) is 34.0. The first-order valence-electron chi connectivity index (χ1n) is 18.3. The molecule has 0 radical (unpaired) electrons. The number of hydrogen-bond acceptors (Lipinski definition) is 2. The van der Waals surface area contributed by atoms with Gasteiger partial charge in [0.1, 0.15) is 5.82 Å². The molecule has 1 aliphatic carbocycles. The van der Waals surface area contributed by atoms with Gasteiger partial charge in [-0.3, -0.25) is 9.56 Å². The Kier molecular flexibility index (Phi) is 8.17. The second kappa shape index (κ2) is 11.4. The summed E-state index contributed by atoms with van der Waals surface area (Å²) in [5.74, 6) is 1.87. The van der Waals surface area contributed by atoms with Gasteiger partial charge in [-0.15, -0.1) is 0 Å². The van der Waals surface area contributed by atoms with Crippen LogP contribution in [0.4, 0.5) is 5.69 Å². The molecular formula is C46H59N3. The summed E-state index contributed by atoms with van der Waals surface area (Å²) in [6, 6.07) is 0. The highest BCUT2D eigenvalue weighted by molar-refractivity contribution is 6.01. The summed E-state index contributed by atoms with van der Waals surface area (Å²) in [5.41, 5.74) is 32.0. The van der Waals surface area contributed by atoms with Gasteiger partial charge < -0.3 is 0 Å². The van der Waals surface area contributed by atoms with Crippen LogP contribution in [0.2, 0.25) is 0 Å². The Balaban J connectivity index is 0.000000218. The number of aromatic nitrogens is 2. The number of rotatable bonds is 0. The van der Waals surface area contributed by atoms with Crippen molar-refractivity contribution in [2.24, 2.45) is 4.99 Å². The zero-order valence-electron chi connectivity index (χ0n) is 34.0. The van der Waals surface area contributed by atoms with E-state index < -0.39 is 0 Å². The monoisotopic (exact) mass is 653 g/mol. The van der Waals surface area contributed by atoms with Crippen molar-refractivity contribution in [3.63, 3.8) is 0 Å². The summed E-state index contributed by atoms with van der Waals surface area (Å²) in [7, 11) is 0. The summed E-state index contributed by atoms with van der Waals surface area (Å²) in [4.78, 5) is 10.3. The van der Waals surface area contributed by atoms with Crippen LogP contribution in [0.5, 0.6) is 0 Å². The number of imidazole rings is 1. The van der Waals surface area contributed by atoms with Gasteiger partial charge in [0.2, 0.25) is 0 Å². The lowest BCUT2D eigenvalue weighted by Gasteiger charge is -2.42. The minimum atomic E-state index is 0.0998. The topological polar surface area (TPSA) is 30.2 Å². The first-order valence-corrected chi connectivity index (χ1v) is 18.3. The molecule has 3 aliphatic rings. The van der Waals surface area contributed by atoms with Gasteiger partial charge in [-0.2, -0.15) is 0 Å². The molecular weight excluding hydrogens is 595 g/mol. The predicted molar refractivity (Wildman–Crippen MR) is 212 cm³/mol. The van der Waals surface area contributed by atoms with Gasteiger partial charge in [0.25, 0.3) is 0 Å². The van der Waals surface area contributed by atoms with Crippen LogP contribution >= 0.6 is 0 Å². The largest absolute Gasteiger partial charge is 0.295 e. The minimum absolute atomic E-state index is 0.0998. The maximum absolute atomic E-state index is 5.47. The van der Waals surface area contributed by atoms with Crippen LogP contribution in [0.3, 0.4) is 0 Å². The third kappa shape index (κ3) is 4.52. The van der Waals surface area contributed by atoms with Crippen molar-refractivity contribution in [1.82, 2.24) is 9.55 Å². The summed E-state index contributed by atoms with van der Waals surface area (Å²) in [6.45, 7) is 43.2. The Morgan fingerprint density at radius 2 is 0.959 bits per heavy atom. The number of aliphatic imine (C=N–C) groups is 1. The second-order valence-electron chi connectivity index (χ2n) is 16.4. The molecule has 0 bridgehead atoms. The molecule has 3 nitrogen and oxygen atoms in total. The fraction of sp³-hybridized carbons (Fsp3) is 0.478. The molecule has 0 spiro atoms. The number of hydrogen-bond donors (Lipinski definition) is 0. The number of benzene rings is 3. The molecule has 3 heterocycles. The Morgan fingerprint density at radius 3 is 1.55 bits per heavy atom. The molecule has 3 aromatic carbocycles. The van der Waals surface area contributed by atoms with Crippen molar-refractivity contribution in [2.75, 3.05) is 0 Å². The van der Waals surface area contributed by atoms with Crippen LogP contribution in [0, 0.1) is 83.1 Å². The fourth-order valence-corrected chi connectivity index (χ4v) is 9.36. The second-order valence-corrected chi connectivity index (χ2v) is 16.4. The quantitative estimate of drug-likeness (QED) is 0.186. The van der Waals surface area contributed by atoms with E-state index >= 15 is 0 Å². The molecule has 49 heavy (non-hydrogen) atoms. The van der Waals surface area contributed by atoms with E-state index in [1.165, 1.54) is 134 Å². The van der Waals surface area contributed by atoms with Gasteiger partial charge in [-0.1, -0.05) is 25.0 Å². The van der Waals surface area contributed by atoms with E-state index in [1.54, 1.807) is 0 Å². The van der Waals surface area contributed by atoms with Crippen molar-refractivity contribution in [1.29, 1.82) is 0 Å². The number of aryl methyl sites for hydroxylation is 2. The van der Waals surface area contributed by atoms with E-state index in [4.69, 9.17) is 9.98 Å². The molecule has 0 saturated carbocycles. The lowest BCUT2D eigenvalue weighted by atomic mass is 9.66. The predicted octanol–water partition coefficient (Wildman–Crippen LogP) is 12.7. The molecule has 3 heteroatoms. The molecule has 4 aromatic rings. The molecule has 1 aromatic heterocycles. The van der Waals surface area contributed by atoms with E-state index in [0.29, 0.717) is 5.92 Å². The average molecular weight is 654 g/mol. The smallest absolute Gasteiger partial charge is 0.122 e. The highest BCUT2D eigenvalue weighted by atomic mass is 15.1. The van der Waals surface area contributed by atoms with E-state index in [-0.39, 0.29) is 11.3 Å². The van der Waals surface area contributed by atoms with Gasteiger partial charge >= 0.3 is 0 Å². The van der Waals surface area contributed by atoms with Crippen molar-refractivity contribution >= 4 is 22.4 Å². The molecule has 0 fully saturated rings. The average Bonchev–Trinajstić information content (AvgIpc) is 3.57. The van der Waals surface area contributed by atoms with Gasteiger partial charge in [-0.05, 0) is 207 Å².